The second-order valence-corrected chi connectivity index (χ2v) is 7.56. The number of amides is 1. The Hall–Kier alpha value is -1.82. The van der Waals surface area contributed by atoms with Crippen LogP contribution in [0.2, 0.25) is 0 Å². The smallest absolute Gasteiger partial charge is 0.227 e. The minimum atomic E-state index is -0.176. The number of rotatable bonds is 6. The summed E-state index contributed by atoms with van der Waals surface area (Å²) in [6.07, 6.45) is 4.38. The van der Waals surface area contributed by atoms with E-state index in [9.17, 15) is 9.59 Å². The molecule has 1 aromatic rings. The normalized spacial score (nSPS) is 22.3. The Morgan fingerprint density at radius 2 is 2.08 bits per heavy atom. The van der Waals surface area contributed by atoms with E-state index in [4.69, 9.17) is 9.15 Å². The van der Waals surface area contributed by atoms with Gasteiger partial charge >= 0.3 is 0 Å². The van der Waals surface area contributed by atoms with Gasteiger partial charge in [-0.05, 0) is 24.7 Å². The van der Waals surface area contributed by atoms with E-state index in [1.165, 1.54) is 32.3 Å². The van der Waals surface area contributed by atoms with Gasteiger partial charge in [-0.2, -0.15) is 0 Å². The minimum absolute atomic E-state index is 0.176. The number of ether oxygens (including phenoxy) is 1. The maximum Gasteiger partial charge on any atom is 0.227 e. The second kappa shape index (κ2) is 7.60. The van der Waals surface area contributed by atoms with Crippen molar-refractivity contribution in [2.75, 3.05) is 26.7 Å². The van der Waals surface area contributed by atoms with Crippen molar-refractivity contribution < 1.29 is 13.9 Å². The van der Waals surface area contributed by atoms with Gasteiger partial charge in [0.05, 0.1) is 13.7 Å². The molecule has 6 nitrogen and oxygen atoms in total. The van der Waals surface area contributed by atoms with Crippen molar-refractivity contribution in [2.45, 2.75) is 45.7 Å². The van der Waals surface area contributed by atoms with E-state index >= 15 is 0 Å². The molecule has 1 saturated carbocycles. The molecule has 25 heavy (non-hydrogen) atoms. The van der Waals surface area contributed by atoms with Gasteiger partial charge in [0, 0.05) is 38.2 Å². The Labute approximate surface area is 148 Å². The quantitative estimate of drug-likeness (QED) is 0.788. The summed E-state index contributed by atoms with van der Waals surface area (Å²) >= 11 is 0. The van der Waals surface area contributed by atoms with Gasteiger partial charge in [0.2, 0.25) is 17.1 Å². The number of hydrogen-bond donors (Lipinski definition) is 0. The summed E-state index contributed by atoms with van der Waals surface area (Å²) in [5, 5.41) is 0. The molecular formula is C19H28N2O4. The number of carbonyl (C=O) groups excluding carboxylic acids is 1. The minimum Gasteiger partial charge on any atom is -0.490 e. The van der Waals surface area contributed by atoms with Crippen LogP contribution in [0, 0.1) is 11.8 Å². The second-order valence-electron chi connectivity index (χ2n) is 7.56. The van der Waals surface area contributed by atoms with Crippen LogP contribution in [-0.4, -0.2) is 48.5 Å². The first kappa shape index (κ1) is 18.0. The van der Waals surface area contributed by atoms with Crippen molar-refractivity contribution >= 4 is 5.91 Å². The molecular weight excluding hydrogens is 320 g/mol. The Kier molecular flexibility index (Phi) is 5.47. The Morgan fingerprint density at radius 1 is 1.32 bits per heavy atom. The summed E-state index contributed by atoms with van der Waals surface area (Å²) in [7, 11) is 1.45. The molecule has 1 aliphatic carbocycles. The third kappa shape index (κ3) is 4.42. The molecule has 2 fully saturated rings. The van der Waals surface area contributed by atoms with Gasteiger partial charge < -0.3 is 14.1 Å². The third-order valence-corrected chi connectivity index (χ3v) is 5.18. The monoisotopic (exact) mass is 348 g/mol. The van der Waals surface area contributed by atoms with E-state index in [2.05, 4.69) is 23.6 Å². The maximum absolute atomic E-state index is 12.6. The van der Waals surface area contributed by atoms with Gasteiger partial charge in [-0.25, -0.2) is 0 Å². The molecule has 0 unspecified atom stereocenters. The van der Waals surface area contributed by atoms with Crippen molar-refractivity contribution in [3.63, 3.8) is 0 Å². The molecule has 1 aromatic heterocycles. The Morgan fingerprint density at radius 3 is 2.68 bits per heavy atom. The molecule has 3 rings (SSSR count). The van der Waals surface area contributed by atoms with E-state index in [0.29, 0.717) is 37.1 Å². The van der Waals surface area contributed by atoms with Gasteiger partial charge in [-0.15, -0.1) is 0 Å². The van der Waals surface area contributed by atoms with Crippen molar-refractivity contribution in [1.82, 2.24) is 9.80 Å². The summed E-state index contributed by atoms with van der Waals surface area (Å²) in [5.74, 6) is 2.16. The van der Waals surface area contributed by atoms with Crippen LogP contribution < -0.4 is 10.2 Å². The zero-order valence-corrected chi connectivity index (χ0v) is 15.4. The zero-order valence-electron chi connectivity index (χ0n) is 15.4. The molecule has 1 saturated heterocycles. The molecule has 2 heterocycles. The fourth-order valence-electron chi connectivity index (χ4n) is 3.46. The van der Waals surface area contributed by atoms with E-state index in [1.54, 1.807) is 0 Å². The van der Waals surface area contributed by atoms with Crippen molar-refractivity contribution in [3.05, 3.63) is 28.3 Å². The molecule has 0 N–H and O–H groups in total. The lowest BCUT2D eigenvalue weighted by Gasteiger charge is -2.34. The predicted octanol–water partition coefficient (Wildman–Crippen LogP) is 2.12. The summed E-state index contributed by atoms with van der Waals surface area (Å²) in [6.45, 7) is 7.29. The van der Waals surface area contributed by atoms with Crippen LogP contribution in [0.15, 0.2) is 21.5 Å². The topological polar surface area (TPSA) is 63.0 Å². The summed E-state index contributed by atoms with van der Waals surface area (Å²) in [4.78, 5) is 28.9. The van der Waals surface area contributed by atoms with Crippen molar-refractivity contribution in [2.24, 2.45) is 11.8 Å². The molecule has 2 aliphatic rings. The van der Waals surface area contributed by atoms with Crippen LogP contribution in [0.5, 0.6) is 5.75 Å². The average Bonchev–Trinajstić information content (AvgIpc) is 3.39. The lowest BCUT2D eigenvalue weighted by Crippen LogP contribution is -2.47. The van der Waals surface area contributed by atoms with Crippen molar-refractivity contribution in [3.8, 4) is 5.75 Å². The standard InChI is InChI=1S/C19H28N2O4/c1-13(2)16-11-20(7-6-19(23)21(16)9-14-4-5-14)10-15-8-17(22)18(24-3)12-25-15/h8,12-14,16H,4-7,9-11H2,1-3H3/t16-/m0/s1. The highest BCUT2D eigenvalue weighted by atomic mass is 16.5. The first-order valence-electron chi connectivity index (χ1n) is 9.15. The van der Waals surface area contributed by atoms with Crippen LogP contribution in [-0.2, 0) is 11.3 Å². The Bertz CT molecular complexity index is 666. The van der Waals surface area contributed by atoms with E-state index < -0.39 is 0 Å². The predicted molar refractivity (Wildman–Crippen MR) is 94.5 cm³/mol. The maximum atomic E-state index is 12.6. The highest BCUT2D eigenvalue weighted by Gasteiger charge is 2.35. The first-order chi connectivity index (χ1) is 12.0. The number of carbonyl (C=O) groups is 1. The van der Waals surface area contributed by atoms with E-state index in [-0.39, 0.29) is 23.1 Å². The van der Waals surface area contributed by atoms with Crippen molar-refractivity contribution in [1.29, 1.82) is 0 Å². The van der Waals surface area contributed by atoms with Gasteiger partial charge in [0.25, 0.3) is 0 Å². The van der Waals surface area contributed by atoms with Crippen LogP contribution in [0.25, 0.3) is 0 Å². The number of hydrogen-bond acceptors (Lipinski definition) is 5. The largest absolute Gasteiger partial charge is 0.490 e. The van der Waals surface area contributed by atoms with E-state index in [1.807, 2.05) is 0 Å². The van der Waals surface area contributed by atoms with Gasteiger partial charge in [0.15, 0.2) is 0 Å². The van der Waals surface area contributed by atoms with E-state index in [0.717, 1.165) is 13.1 Å². The molecule has 0 spiro atoms. The fraction of sp³-hybridized carbons (Fsp3) is 0.684. The average molecular weight is 348 g/mol. The lowest BCUT2D eigenvalue weighted by molar-refractivity contribution is -0.133. The first-order valence-corrected chi connectivity index (χ1v) is 9.15. The molecule has 1 aliphatic heterocycles. The molecule has 6 heteroatoms. The fourth-order valence-corrected chi connectivity index (χ4v) is 3.46. The van der Waals surface area contributed by atoms with Crippen LogP contribution in [0.1, 0.15) is 38.9 Å². The summed E-state index contributed by atoms with van der Waals surface area (Å²) < 4.78 is 10.5. The van der Waals surface area contributed by atoms with Gasteiger partial charge in [-0.3, -0.25) is 14.5 Å². The number of nitrogens with zero attached hydrogens (tertiary/aromatic N) is 2. The SMILES string of the molecule is COc1coc(CN2CCC(=O)N(CC3CC3)[C@H](C(C)C)C2)cc1=O. The Balaban J connectivity index is 1.72. The third-order valence-electron chi connectivity index (χ3n) is 5.18. The summed E-state index contributed by atoms with van der Waals surface area (Å²) in [6, 6.07) is 1.69. The van der Waals surface area contributed by atoms with Crippen LogP contribution >= 0.6 is 0 Å². The number of methoxy groups -OCH3 is 1. The van der Waals surface area contributed by atoms with Gasteiger partial charge in [0.1, 0.15) is 12.0 Å². The summed E-state index contributed by atoms with van der Waals surface area (Å²) in [5.41, 5.74) is -0.176. The molecule has 1 atom stereocenters. The van der Waals surface area contributed by atoms with Gasteiger partial charge in [-0.1, -0.05) is 13.8 Å². The zero-order chi connectivity index (χ0) is 18.0. The van der Waals surface area contributed by atoms with Crippen LogP contribution in [0.4, 0.5) is 0 Å². The molecule has 138 valence electrons. The molecule has 1 amide bonds. The molecule has 0 radical (unpaired) electrons. The lowest BCUT2D eigenvalue weighted by atomic mass is 10.0. The molecule has 0 bridgehead atoms. The molecule has 0 aromatic carbocycles. The highest BCUT2D eigenvalue weighted by Crippen LogP contribution is 2.32. The van der Waals surface area contributed by atoms with Crippen LogP contribution in [0.3, 0.4) is 0 Å². The highest BCUT2D eigenvalue weighted by molar-refractivity contribution is 5.77.